The van der Waals surface area contributed by atoms with Crippen LogP contribution in [0.25, 0.3) is 10.9 Å². The van der Waals surface area contributed by atoms with Gasteiger partial charge >= 0.3 is 0 Å². The van der Waals surface area contributed by atoms with Crippen LogP contribution in [0.4, 0.5) is 11.8 Å². The summed E-state index contributed by atoms with van der Waals surface area (Å²) < 4.78 is 31.7. The molecule has 1 aromatic carbocycles. The van der Waals surface area contributed by atoms with E-state index in [0.717, 1.165) is 12.8 Å². The topological polar surface area (TPSA) is 103 Å². The summed E-state index contributed by atoms with van der Waals surface area (Å²) in [6.07, 6.45) is 1.39. The number of carbonyl (C=O) groups excluding carboxylic acids is 1. The van der Waals surface area contributed by atoms with Crippen molar-refractivity contribution < 1.29 is 21.8 Å². The number of benzene rings is 1. The first-order chi connectivity index (χ1) is 14.5. The third kappa shape index (κ3) is 3.37. The van der Waals surface area contributed by atoms with E-state index in [9.17, 15) is 4.79 Å². The van der Waals surface area contributed by atoms with E-state index in [1.807, 2.05) is 9.80 Å². The lowest BCUT2D eigenvalue weighted by atomic mass is 10.2. The highest BCUT2D eigenvalue weighted by Gasteiger charge is 2.31. The molecule has 1 unspecified atom stereocenters. The van der Waals surface area contributed by atoms with Crippen molar-refractivity contribution >= 4 is 28.6 Å². The van der Waals surface area contributed by atoms with Crippen molar-refractivity contribution in [3.05, 3.63) is 12.1 Å². The highest BCUT2D eigenvalue weighted by Crippen LogP contribution is 2.34. The highest BCUT2D eigenvalue weighted by molar-refractivity contribution is 5.91. The standard InChI is InChI=1S/C19H25N5O4/c1-26-15-10-12-13(11-16(15)27-2)21-19(22-17(12)20)24-7-5-23(6-8-24)18(25)14-4-3-9-28-14/h10-11,14H,3-9H2,1-2H3,(H2,20,21,22)/i/hD2. The van der Waals surface area contributed by atoms with Gasteiger partial charge in [0.2, 0.25) is 5.95 Å². The van der Waals surface area contributed by atoms with Gasteiger partial charge in [-0.2, -0.15) is 4.98 Å². The highest BCUT2D eigenvalue weighted by atomic mass is 16.5. The molecule has 150 valence electrons. The van der Waals surface area contributed by atoms with Gasteiger partial charge in [0.1, 0.15) is 11.9 Å². The predicted octanol–water partition coefficient (Wildman–Crippen LogP) is 1.06. The van der Waals surface area contributed by atoms with E-state index in [1.54, 1.807) is 12.1 Å². The minimum absolute atomic E-state index is 0.0487. The van der Waals surface area contributed by atoms with Gasteiger partial charge in [0.05, 0.1) is 19.7 Å². The molecule has 9 heteroatoms. The third-order valence-corrected chi connectivity index (χ3v) is 5.25. The Hall–Kier alpha value is -2.81. The van der Waals surface area contributed by atoms with Gasteiger partial charge in [0, 0.05) is 44.2 Å². The number of fused-ring (bicyclic) bond motifs is 1. The van der Waals surface area contributed by atoms with Crippen LogP contribution in [0.2, 0.25) is 2.82 Å². The Bertz CT molecular complexity index is 931. The second kappa shape index (κ2) is 7.67. The maximum Gasteiger partial charge on any atom is 0.251 e. The maximum absolute atomic E-state index is 12.6. The molecule has 0 aliphatic carbocycles. The molecular weight excluding hydrogens is 362 g/mol. The van der Waals surface area contributed by atoms with E-state index in [-0.39, 0.29) is 17.8 Å². The fourth-order valence-electron chi connectivity index (χ4n) is 3.67. The number of aromatic nitrogens is 2. The first-order valence-electron chi connectivity index (χ1n) is 10.3. The van der Waals surface area contributed by atoms with E-state index >= 15 is 0 Å². The Morgan fingerprint density at radius 3 is 2.61 bits per heavy atom. The van der Waals surface area contributed by atoms with Crippen molar-refractivity contribution in [3.63, 3.8) is 0 Å². The molecule has 4 rings (SSSR count). The molecule has 1 aromatic heterocycles. The summed E-state index contributed by atoms with van der Waals surface area (Å²) in [5.74, 6) is 1.60. The van der Waals surface area contributed by atoms with Crippen LogP contribution in [-0.2, 0) is 9.53 Å². The predicted molar refractivity (Wildman–Crippen MR) is 105 cm³/mol. The summed E-state index contributed by atoms with van der Waals surface area (Å²) in [7, 11) is 3.06. The summed E-state index contributed by atoms with van der Waals surface area (Å²) in [6.45, 7) is 2.87. The Balaban J connectivity index is 1.59. The number of nitrogens with two attached hydrogens (primary N) is 1. The van der Waals surface area contributed by atoms with Crippen LogP contribution < -0.4 is 20.1 Å². The fourth-order valence-corrected chi connectivity index (χ4v) is 3.67. The first-order valence-corrected chi connectivity index (χ1v) is 9.39. The summed E-state index contributed by atoms with van der Waals surface area (Å²) >= 11 is 0. The Morgan fingerprint density at radius 1 is 1.21 bits per heavy atom. The number of methoxy groups -OCH3 is 2. The summed E-state index contributed by atoms with van der Waals surface area (Å²) in [6, 6.07) is 3.38. The van der Waals surface area contributed by atoms with Crippen molar-refractivity contribution in [3.8, 4) is 11.5 Å². The number of carbonyl (C=O) groups is 1. The molecule has 0 spiro atoms. The lowest BCUT2D eigenvalue weighted by molar-refractivity contribution is -0.141. The number of nitrogen functional groups attached to an aromatic ring is 1. The first kappa shape index (κ1) is 16.2. The van der Waals surface area contributed by atoms with E-state index in [4.69, 9.17) is 17.0 Å². The van der Waals surface area contributed by atoms with E-state index in [0.29, 0.717) is 66.9 Å². The van der Waals surface area contributed by atoms with Crippen molar-refractivity contribution in [2.75, 3.05) is 57.6 Å². The smallest absolute Gasteiger partial charge is 0.251 e. The van der Waals surface area contributed by atoms with Gasteiger partial charge in [0.25, 0.3) is 5.91 Å². The molecule has 1 amide bonds. The number of amides is 1. The zero-order chi connectivity index (χ0) is 21.3. The number of nitrogens with zero attached hydrogens (tertiary/aromatic N) is 4. The molecule has 2 saturated heterocycles. The number of anilines is 2. The van der Waals surface area contributed by atoms with Crippen molar-refractivity contribution in [2.24, 2.45) is 0 Å². The number of rotatable bonds is 5. The summed E-state index contributed by atoms with van der Waals surface area (Å²) in [5.41, 5.74) is 1.02. The average Bonchev–Trinajstić information content (AvgIpc) is 3.31. The molecule has 28 heavy (non-hydrogen) atoms. The largest absolute Gasteiger partial charge is 0.493 e. The van der Waals surface area contributed by atoms with Gasteiger partial charge in [-0.1, -0.05) is 0 Å². The Labute approximate surface area is 166 Å². The molecule has 2 fully saturated rings. The van der Waals surface area contributed by atoms with Crippen LogP contribution in [0.1, 0.15) is 12.8 Å². The molecule has 9 nitrogen and oxygen atoms in total. The normalized spacial score (nSPS) is 20.7. The van der Waals surface area contributed by atoms with Crippen LogP contribution in [0.3, 0.4) is 0 Å². The van der Waals surface area contributed by atoms with Crippen LogP contribution in [0.5, 0.6) is 11.5 Å². The van der Waals surface area contributed by atoms with E-state index < -0.39 is 0 Å². The number of hydrogen-bond donors (Lipinski definition) is 1. The molecule has 1 atom stereocenters. The SMILES string of the molecule is [2H]N([2H])c1nc(N2CCN(C(=O)C3CCCO3)CC2)nc2cc(OC)c(OC)cc12. The van der Waals surface area contributed by atoms with Gasteiger partial charge in [-0.15, -0.1) is 0 Å². The molecule has 0 radical (unpaired) electrons. The second-order valence-corrected chi connectivity index (χ2v) is 6.89. The Morgan fingerprint density at radius 2 is 1.96 bits per heavy atom. The quantitative estimate of drug-likeness (QED) is 0.810. The van der Waals surface area contributed by atoms with Gasteiger partial charge in [-0.3, -0.25) is 4.79 Å². The minimum atomic E-state index is -0.317. The molecule has 0 saturated carbocycles. The lowest BCUT2D eigenvalue weighted by Gasteiger charge is -2.35. The third-order valence-electron chi connectivity index (χ3n) is 5.25. The molecule has 2 aliphatic rings. The van der Waals surface area contributed by atoms with Crippen LogP contribution in [0, 0.1) is 0 Å². The fraction of sp³-hybridized carbons (Fsp3) is 0.526. The number of ether oxygens (including phenoxy) is 3. The van der Waals surface area contributed by atoms with Crippen molar-refractivity contribution in [1.82, 2.24) is 14.9 Å². The van der Waals surface area contributed by atoms with Gasteiger partial charge < -0.3 is 29.7 Å². The Kier molecular flexibility index (Phi) is 4.43. The molecule has 0 bridgehead atoms. The molecule has 2 aromatic rings. The second-order valence-electron chi connectivity index (χ2n) is 6.89. The van der Waals surface area contributed by atoms with Crippen molar-refractivity contribution in [1.29, 1.82) is 0 Å². The minimum Gasteiger partial charge on any atom is -0.493 e. The van der Waals surface area contributed by atoms with Crippen LogP contribution in [-0.4, -0.2) is 73.9 Å². The van der Waals surface area contributed by atoms with Gasteiger partial charge in [-0.25, -0.2) is 4.98 Å². The van der Waals surface area contributed by atoms with Gasteiger partial charge in [-0.05, 0) is 18.9 Å². The monoisotopic (exact) mass is 389 g/mol. The molecular formula is C19H25N5O4. The van der Waals surface area contributed by atoms with Crippen LogP contribution in [0.15, 0.2) is 12.1 Å². The number of piperazine rings is 1. The summed E-state index contributed by atoms with van der Waals surface area (Å²) in [4.78, 5) is 25.4. The lowest BCUT2D eigenvalue weighted by Crippen LogP contribution is -2.51. The average molecular weight is 389 g/mol. The summed E-state index contributed by atoms with van der Waals surface area (Å²) in [5, 5.41) is 0.522. The van der Waals surface area contributed by atoms with E-state index in [1.165, 1.54) is 14.2 Å². The molecule has 2 N–H and O–H groups in total. The van der Waals surface area contributed by atoms with E-state index in [2.05, 4.69) is 9.97 Å². The molecule has 3 heterocycles. The zero-order valence-corrected chi connectivity index (χ0v) is 16.1. The van der Waals surface area contributed by atoms with Gasteiger partial charge in [0.15, 0.2) is 14.3 Å². The maximum atomic E-state index is 12.6. The molecule has 2 aliphatic heterocycles. The van der Waals surface area contributed by atoms with Crippen molar-refractivity contribution in [2.45, 2.75) is 18.9 Å². The zero-order valence-electron chi connectivity index (χ0n) is 18.1. The number of hydrogen-bond acceptors (Lipinski definition) is 8. The van der Waals surface area contributed by atoms with Crippen LogP contribution >= 0.6 is 0 Å².